The summed E-state index contributed by atoms with van der Waals surface area (Å²) in [7, 11) is 2.54. The predicted molar refractivity (Wildman–Crippen MR) is 57.3 cm³/mol. The number of hydrogen-bond donors (Lipinski definition) is 1. The fraction of sp³-hybridized carbons (Fsp3) is 0.400. The van der Waals surface area contributed by atoms with Gasteiger partial charge in [0, 0.05) is 4.88 Å². The van der Waals surface area contributed by atoms with Crippen LogP contribution in [0.1, 0.15) is 27.1 Å². The maximum atomic E-state index is 11.1. The summed E-state index contributed by atoms with van der Waals surface area (Å²) in [5, 5.41) is 9.65. The first-order valence-corrected chi connectivity index (χ1v) is 5.33. The zero-order valence-corrected chi connectivity index (χ0v) is 9.74. The van der Waals surface area contributed by atoms with Crippen molar-refractivity contribution in [1.82, 2.24) is 0 Å². The molecule has 0 aliphatic carbocycles. The zero-order chi connectivity index (χ0) is 12.1. The van der Waals surface area contributed by atoms with E-state index in [-0.39, 0.29) is 6.42 Å². The van der Waals surface area contributed by atoms with Gasteiger partial charge in [0.05, 0.1) is 26.7 Å². The van der Waals surface area contributed by atoms with Crippen LogP contribution in [0, 0.1) is 0 Å². The molecule has 0 spiro atoms. The lowest BCUT2D eigenvalue weighted by Gasteiger charge is -2.05. The second-order valence-electron chi connectivity index (χ2n) is 2.99. The summed E-state index contributed by atoms with van der Waals surface area (Å²) < 4.78 is 8.96. The van der Waals surface area contributed by atoms with E-state index >= 15 is 0 Å². The van der Waals surface area contributed by atoms with Gasteiger partial charge >= 0.3 is 11.9 Å². The smallest absolute Gasteiger partial charge is 0.348 e. The van der Waals surface area contributed by atoms with Crippen molar-refractivity contribution in [2.24, 2.45) is 0 Å². The molecule has 0 saturated carbocycles. The molecule has 0 radical (unpaired) electrons. The number of esters is 2. The van der Waals surface area contributed by atoms with E-state index in [1.165, 1.54) is 14.2 Å². The third-order valence-corrected chi connectivity index (χ3v) is 3.10. The van der Waals surface area contributed by atoms with Crippen molar-refractivity contribution in [2.75, 3.05) is 14.2 Å². The number of hydrogen-bond acceptors (Lipinski definition) is 6. The minimum atomic E-state index is -0.948. The van der Waals surface area contributed by atoms with Crippen LogP contribution in [0.15, 0.2) is 12.1 Å². The van der Waals surface area contributed by atoms with Gasteiger partial charge in [-0.2, -0.15) is 0 Å². The Morgan fingerprint density at radius 2 is 2.06 bits per heavy atom. The Morgan fingerprint density at radius 3 is 2.62 bits per heavy atom. The van der Waals surface area contributed by atoms with Crippen LogP contribution < -0.4 is 0 Å². The van der Waals surface area contributed by atoms with E-state index in [0.29, 0.717) is 9.75 Å². The van der Waals surface area contributed by atoms with Crippen molar-refractivity contribution in [3.63, 3.8) is 0 Å². The van der Waals surface area contributed by atoms with E-state index in [1.54, 1.807) is 12.1 Å². The van der Waals surface area contributed by atoms with Gasteiger partial charge in [-0.25, -0.2) is 4.79 Å². The second kappa shape index (κ2) is 5.62. The van der Waals surface area contributed by atoms with E-state index < -0.39 is 18.0 Å². The summed E-state index contributed by atoms with van der Waals surface area (Å²) in [5.74, 6) is -0.956. The maximum Gasteiger partial charge on any atom is 0.348 e. The van der Waals surface area contributed by atoms with Crippen LogP contribution in [-0.2, 0) is 14.3 Å². The molecule has 0 bridgehead atoms. The van der Waals surface area contributed by atoms with Gasteiger partial charge in [0.2, 0.25) is 0 Å². The molecule has 0 aromatic carbocycles. The second-order valence-corrected chi connectivity index (χ2v) is 4.11. The molecule has 5 nitrogen and oxygen atoms in total. The van der Waals surface area contributed by atoms with Crippen LogP contribution >= 0.6 is 11.3 Å². The lowest BCUT2D eigenvalue weighted by molar-refractivity contribution is -0.142. The largest absolute Gasteiger partial charge is 0.469 e. The summed E-state index contributed by atoms with van der Waals surface area (Å²) in [4.78, 5) is 23.0. The van der Waals surface area contributed by atoms with Crippen LogP contribution in [0.25, 0.3) is 0 Å². The molecular weight excluding hydrogens is 232 g/mol. The number of rotatable bonds is 4. The SMILES string of the molecule is COC(=O)C[C@H](O)c1ccc(C(=O)OC)s1. The van der Waals surface area contributed by atoms with Gasteiger partial charge in [-0.05, 0) is 12.1 Å². The molecule has 0 aliphatic rings. The third-order valence-electron chi connectivity index (χ3n) is 1.93. The number of thiophene rings is 1. The van der Waals surface area contributed by atoms with Crippen molar-refractivity contribution in [1.29, 1.82) is 0 Å². The highest BCUT2D eigenvalue weighted by molar-refractivity contribution is 7.14. The minimum absolute atomic E-state index is 0.127. The Hall–Kier alpha value is -1.40. The Bertz CT molecular complexity index is 384. The summed E-state index contributed by atoms with van der Waals surface area (Å²) >= 11 is 1.09. The highest BCUT2D eigenvalue weighted by Crippen LogP contribution is 2.26. The molecule has 6 heteroatoms. The van der Waals surface area contributed by atoms with Gasteiger partial charge in [-0.15, -0.1) is 11.3 Å². The molecule has 1 aromatic heterocycles. The number of methoxy groups -OCH3 is 2. The minimum Gasteiger partial charge on any atom is -0.469 e. The maximum absolute atomic E-state index is 11.1. The third kappa shape index (κ3) is 3.04. The normalized spacial score (nSPS) is 11.9. The Balaban J connectivity index is 2.70. The molecule has 0 amide bonds. The first-order valence-electron chi connectivity index (χ1n) is 4.51. The molecule has 1 atom stereocenters. The highest BCUT2D eigenvalue weighted by Gasteiger charge is 2.17. The quantitative estimate of drug-likeness (QED) is 0.804. The first kappa shape index (κ1) is 12.7. The average molecular weight is 244 g/mol. The molecule has 0 unspecified atom stereocenters. The number of carbonyl (C=O) groups excluding carboxylic acids is 2. The molecule has 1 aromatic rings. The molecule has 16 heavy (non-hydrogen) atoms. The molecular formula is C10H12O5S. The summed E-state index contributed by atoms with van der Waals surface area (Å²) in [6.07, 6.45) is -1.08. The average Bonchev–Trinajstić information content (AvgIpc) is 2.77. The van der Waals surface area contributed by atoms with E-state index in [4.69, 9.17) is 0 Å². The van der Waals surface area contributed by atoms with Crippen LogP contribution in [-0.4, -0.2) is 31.3 Å². The number of aliphatic hydroxyl groups is 1. The predicted octanol–water partition coefficient (Wildman–Crippen LogP) is 1.13. The summed E-state index contributed by atoms with van der Waals surface area (Å²) in [5.41, 5.74) is 0. The molecule has 1 rings (SSSR count). The van der Waals surface area contributed by atoms with Gasteiger partial charge in [0.25, 0.3) is 0 Å². The molecule has 88 valence electrons. The van der Waals surface area contributed by atoms with E-state index in [9.17, 15) is 14.7 Å². The lowest BCUT2D eigenvalue weighted by Crippen LogP contribution is -2.06. The highest BCUT2D eigenvalue weighted by atomic mass is 32.1. The lowest BCUT2D eigenvalue weighted by atomic mass is 10.2. The van der Waals surface area contributed by atoms with E-state index in [1.807, 2.05) is 0 Å². The first-order chi connectivity index (χ1) is 7.58. The number of ether oxygens (including phenoxy) is 2. The Morgan fingerprint density at radius 1 is 1.38 bits per heavy atom. The van der Waals surface area contributed by atoms with Gasteiger partial charge in [-0.1, -0.05) is 0 Å². The zero-order valence-electron chi connectivity index (χ0n) is 8.93. The van der Waals surface area contributed by atoms with Gasteiger partial charge in [0.1, 0.15) is 4.88 Å². The molecule has 0 saturated heterocycles. The Labute approximate surface area is 96.6 Å². The summed E-state index contributed by atoms with van der Waals surface area (Å²) in [6, 6.07) is 3.14. The molecule has 1 heterocycles. The topological polar surface area (TPSA) is 72.8 Å². The fourth-order valence-electron chi connectivity index (χ4n) is 1.08. The monoisotopic (exact) mass is 244 g/mol. The van der Waals surface area contributed by atoms with Gasteiger partial charge in [0.15, 0.2) is 0 Å². The Kier molecular flexibility index (Phi) is 4.45. The fourth-order valence-corrected chi connectivity index (χ4v) is 2.00. The van der Waals surface area contributed by atoms with Crippen molar-refractivity contribution in [2.45, 2.75) is 12.5 Å². The van der Waals surface area contributed by atoms with Gasteiger partial charge in [-0.3, -0.25) is 4.79 Å². The van der Waals surface area contributed by atoms with E-state index in [0.717, 1.165) is 11.3 Å². The van der Waals surface area contributed by atoms with Crippen molar-refractivity contribution < 1.29 is 24.2 Å². The van der Waals surface area contributed by atoms with Crippen molar-refractivity contribution in [3.8, 4) is 0 Å². The summed E-state index contributed by atoms with van der Waals surface area (Å²) in [6.45, 7) is 0. The van der Waals surface area contributed by atoms with Crippen molar-refractivity contribution >= 4 is 23.3 Å². The van der Waals surface area contributed by atoms with Crippen molar-refractivity contribution in [3.05, 3.63) is 21.9 Å². The molecule has 0 fully saturated rings. The van der Waals surface area contributed by atoms with Crippen LogP contribution in [0.5, 0.6) is 0 Å². The number of carbonyl (C=O) groups is 2. The van der Waals surface area contributed by atoms with Crippen LogP contribution in [0.2, 0.25) is 0 Å². The number of aliphatic hydroxyl groups excluding tert-OH is 1. The van der Waals surface area contributed by atoms with E-state index in [2.05, 4.69) is 9.47 Å². The van der Waals surface area contributed by atoms with Crippen LogP contribution in [0.4, 0.5) is 0 Å². The molecule has 0 aliphatic heterocycles. The van der Waals surface area contributed by atoms with Crippen LogP contribution in [0.3, 0.4) is 0 Å². The molecule has 1 N–H and O–H groups in total. The standard InChI is InChI=1S/C10H12O5S/c1-14-9(12)5-6(11)7-3-4-8(16-7)10(13)15-2/h3-4,6,11H,5H2,1-2H3/t6-/m0/s1. The van der Waals surface area contributed by atoms with Gasteiger partial charge < -0.3 is 14.6 Å².